The first-order valence-electron chi connectivity index (χ1n) is 11.5. The normalized spacial score (nSPS) is 25.6. The van der Waals surface area contributed by atoms with E-state index in [2.05, 4.69) is 11.7 Å². The second-order valence-electron chi connectivity index (χ2n) is 9.09. The Balaban J connectivity index is 1.75. The molecular formula is C25H35F3O. The zero-order valence-electron chi connectivity index (χ0n) is 17.7. The third kappa shape index (κ3) is 5.58. The lowest BCUT2D eigenvalue weighted by Gasteiger charge is -2.48. The summed E-state index contributed by atoms with van der Waals surface area (Å²) in [5, 5.41) is 0. The van der Waals surface area contributed by atoms with Gasteiger partial charge in [0, 0.05) is 0 Å². The first-order valence-corrected chi connectivity index (χ1v) is 11.5. The SMILES string of the molecule is CCCCC[C@H]1CC[C@@](c2ccc(OC(F)=C(F)F)cc2)(C2CCCCC2)CC1. The maximum absolute atomic E-state index is 13.1. The van der Waals surface area contributed by atoms with Crippen molar-refractivity contribution in [3.8, 4) is 5.75 Å². The molecule has 2 aliphatic carbocycles. The molecule has 0 spiro atoms. The zero-order chi connectivity index (χ0) is 20.7. The topological polar surface area (TPSA) is 9.23 Å². The van der Waals surface area contributed by atoms with Crippen LogP contribution in [-0.2, 0) is 5.41 Å². The molecule has 3 rings (SSSR count). The van der Waals surface area contributed by atoms with Crippen molar-refractivity contribution in [1.29, 1.82) is 0 Å². The lowest BCUT2D eigenvalue weighted by atomic mass is 9.57. The monoisotopic (exact) mass is 408 g/mol. The molecule has 0 radical (unpaired) electrons. The molecule has 0 N–H and O–H groups in total. The molecule has 0 atom stereocenters. The zero-order valence-corrected chi connectivity index (χ0v) is 17.7. The van der Waals surface area contributed by atoms with Crippen LogP contribution in [-0.4, -0.2) is 0 Å². The number of benzene rings is 1. The molecule has 0 aliphatic heterocycles. The van der Waals surface area contributed by atoms with Crippen molar-refractivity contribution >= 4 is 0 Å². The molecular weight excluding hydrogens is 373 g/mol. The van der Waals surface area contributed by atoms with Gasteiger partial charge in [0.15, 0.2) is 0 Å². The summed E-state index contributed by atoms with van der Waals surface area (Å²) >= 11 is 0. The first kappa shape index (κ1) is 22.2. The molecule has 1 aromatic carbocycles. The second-order valence-corrected chi connectivity index (χ2v) is 9.09. The fourth-order valence-corrected chi connectivity index (χ4v) is 5.75. The number of ether oxygens (including phenoxy) is 1. The minimum absolute atomic E-state index is 0.131. The van der Waals surface area contributed by atoms with Crippen molar-refractivity contribution in [1.82, 2.24) is 0 Å². The van der Waals surface area contributed by atoms with Gasteiger partial charge in [0.2, 0.25) is 0 Å². The summed E-state index contributed by atoms with van der Waals surface area (Å²) in [6, 6.07) is 5.47. The van der Waals surface area contributed by atoms with Gasteiger partial charge in [-0.15, -0.1) is 0 Å². The molecule has 0 amide bonds. The summed E-state index contributed by atoms with van der Waals surface area (Å²) < 4.78 is 42.4. The van der Waals surface area contributed by atoms with Crippen molar-refractivity contribution in [3.05, 3.63) is 41.9 Å². The van der Waals surface area contributed by atoms with Gasteiger partial charge in [0.25, 0.3) is 0 Å². The highest BCUT2D eigenvalue weighted by molar-refractivity contribution is 5.34. The fourth-order valence-electron chi connectivity index (χ4n) is 5.75. The Hall–Kier alpha value is -1.45. The van der Waals surface area contributed by atoms with E-state index in [4.69, 9.17) is 0 Å². The van der Waals surface area contributed by atoms with Crippen molar-refractivity contribution in [2.75, 3.05) is 0 Å². The third-order valence-electron chi connectivity index (χ3n) is 7.39. The van der Waals surface area contributed by atoms with Crippen LogP contribution in [0.3, 0.4) is 0 Å². The highest BCUT2D eigenvalue weighted by Crippen LogP contribution is 2.52. The molecule has 2 saturated carbocycles. The Morgan fingerprint density at radius 1 is 0.931 bits per heavy atom. The van der Waals surface area contributed by atoms with Gasteiger partial charge in [0.1, 0.15) is 5.75 Å². The van der Waals surface area contributed by atoms with Crippen LogP contribution in [0, 0.1) is 11.8 Å². The van der Waals surface area contributed by atoms with Crippen LogP contribution in [0.1, 0.15) is 96.0 Å². The van der Waals surface area contributed by atoms with E-state index in [0.29, 0.717) is 5.92 Å². The van der Waals surface area contributed by atoms with Gasteiger partial charge in [-0.2, -0.15) is 13.2 Å². The summed E-state index contributed by atoms with van der Waals surface area (Å²) in [5.41, 5.74) is 1.47. The predicted molar refractivity (Wildman–Crippen MR) is 112 cm³/mol. The number of unbranched alkanes of at least 4 members (excludes halogenated alkanes) is 2. The minimum Gasteiger partial charge on any atom is -0.428 e. The van der Waals surface area contributed by atoms with Crippen molar-refractivity contribution in [2.24, 2.45) is 11.8 Å². The first-order chi connectivity index (χ1) is 14.0. The fraction of sp³-hybridized carbons (Fsp3) is 0.680. The van der Waals surface area contributed by atoms with E-state index in [1.165, 1.54) is 89.0 Å². The van der Waals surface area contributed by atoms with Crippen LogP contribution in [0.25, 0.3) is 0 Å². The molecule has 0 bridgehead atoms. The van der Waals surface area contributed by atoms with Crippen LogP contribution < -0.4 is 4.74 Å². The summed E-state index contributed by atoms with van der Waals surface area (Å²) in [5.74, 6) is 1.67. The van der Waals surface area contributed by atoms with Gasteiger partial charge in [-0.05, 0) is 73.5 Å². The maximum Gasteiger partial charge on any atom is 0.344 e. The molecule has 0 aromatic heterocycles. The quantitative estimate of drug-likeness (QED) is 0.309. The number of rotatable bonds is 8. The Labute approximate surface area is 173 Å². The Morgan fingerprint density at radius 3 is 2.17 bits per heavy atom. The Kier molecular flexibility index (Phi) is 8.08. The summed E-state index contributed by atoms with van der Waals surface area (Å²) in [4.78, 5) is 0. The Bertz CT molecular complexity index is 649. The van der Waals surface area contributed by atoms with E-state index in [9.17, 15) is 13.2 Å². The molecule has 1 nitrogen and oxygen atoms in total. The summed E-state index contributed by atoms with van der Waals surface area (Å²) in [6.45, 7) is 2.26. The molecule has 0 unspecified atom stereocenters. The van der Waals surface area contributed by atoms with Crippen LogP contribution in [0.5, 0.6) is 5.75 Å². The van der Waals surface area contributed by atoms with Crippen LogP contribution in [0.15, 0.2) is 36.4 Å². The van der Waals surface area contributed by atoms with E-state index >= 15 is 0 Å². The van der Waals surface area contributed by atoms with Crippen molar-refractivity contribution < 1.29 is 17.9 Å². The molecule has 0 saturated heterocycles. The summed E-state index contributed by atoms with van der Waals surface area (Å²) in [6.07, 6.45) is 14.4. The highest BCUT2D eigenvalue weighted by atomic mass is 19.3. The van der Waals surface area contributed by atoms with E-state index < -0.39 is 12.1 Å². The second kappa shape index (κ2) is 10.5. The molecule has 2 fully saturated rings. The average Bonchev–Trinajstić information content (AvgIpc) is 2.75. The summed E-state index contributed by atoms with van der Waals surface area (Å²) in [7, 11) is 0. The van der Waals surface area contributed by atoms with Crippen LogP contribution in [0.2, 0.25) is 0 Å². The van der Waals surface area contributed by atoms with Gasteiger partial charge in [0.05, 0.1) is 0 Å². The molecule has 162 valence electrons. The van der Waals surface area contributed by atoms with Gasteiger partial charge < -0.3 is 4.74 Å². The number of halogens is 3. The predicted octanol–water partition coefficient (Wildman–Crippen LogP) is 8.69. The van der Waals surface area contributed by atoms with Crippen LogP contribution >= 0.6 is 0 Å². The van der Waals surface area contributed by atoms with E-state index in [0.717, 1.165) is 5.92 Å². The van der Waals surface area contributed by atoms with E-state index in [1.807, 2.05) is 12.1 Å². The number of hydrogen-bond acceptors (Lipinski definition) is 1. The third-order valence-corrected chi connectivity index (χ3v) is 7.39. The van der Waals surface area contributed by atoms with Crippen molar-refractivity contribution in [3.63, 3.8) is 0 Å². The van der Waals surface area contributed by atoms with Crippen molar-refractivity contribution in [2.45, 2.75) is 95.8 Å². The maximum atomic E-state index is 13.1. The lowest BCUT2D eigenvalue weighted by Crippen LogP contribution is -2.40. The van der Waals surface area contributed by atoms with Gasteiger partial charge >= 0.3 is 12.1 Å². The molecule has 2 aliphatic rings. The molecule has 29 heavy (non-hydrogen) atoms. The number of hydrogen-bond donors (Lipinski definition) is 0. The van der Waals surface area contributed by atoms with E-state index in [1.54, 1.807) is 12.1 Å². The van der Waals surface area contributed by atoms with Gasteiger partial charge in [-0.3, -0.25) is 0 Å². The van der Waals surface area contributed by atoms with Crippen LogP contribution in [0.4, 0.5) is 13.2 Å². The van der Waals surface area contributed by atoms with Gasteiger partial charge in [-0.25, -0.2) is 0 Å². The highest BCUT2D eigenvalue weighted by Gasteiger charge is 2.43. The average molecular weight is 409 g/mol. The van der Waals surface area contributed by atoms with Gasteiger partial charge in [-0.1, -0.05) is 64.0 Å². The standard InChI is InChI=1S/C25H35F3O/c1-2-3-5-8-19-15-17-25(18-16-19,20-9-6-4-7-10-20)21-11-13-22(14-12-21)29-24(28)23(26)27/h11-14,19-20H,2-10,15-18H2,1H3/t19-,25-. The van der Waals surface area contributed by atoms with E-state index in [-0.39, 0.29) is 11.2 Å². The lowest BCUT2D eigenvalue weighted by molar-refractivity contribution is 0.120. The Morgan fingerprint density at radius 2 is 1.59 bits per heavy atom. The largest absolute Gasteiger partial charge is 0.428 e. The molecule has 1 aromatic rings. The molecule has 4 heteroatoms. The molecule has 0 heterocycles. The minimum atomic E-state index is -2.42. The smallest absolute Gasteiger partial charge is 0.344 e.